The molecule has 7 heteroatoms. The van der Waals surface area contributed by atoms with Crippen molar-refractivity contribution in [1.82, 2.24) is 4.72 Å². The van der Waals surface area contributed by atoms with Crippen LogP contribution in [0.4, 0.5) is 4.39 Å². The molecule has 0 spiro atoms. The Labute approximate surface area is 123 Å². The maximum Gasteiger partial charge on any atom is 0.335 e. The molecule has 21 heavy (non-hydrogen) atoms. The zero-order valence-corrected chi connectivity index (χ0v) is 12.3. The van der Waals surface area contributed by atoms with Crippen molar-refractivity contribution in [3.8, 4) is 0 Å². The van der Waals surface area contributed by atoms with Gasteiger partial charge in [0.15, 0.2) is 0 Å². The number of benzene rings is 1. The molecule has 1 aromatic rings. The maximum absolute atomic E-state index is 13.6. The molecule has 0 bridgehead atoms. The summed E-state index contributed by atoms with van der Waals surface area (Å²) in [7, 11) is -4.03. The number of carbonyl (C=O) groups is 1. The summed E-state index contributed by atoms with van der Waals surface area (Å²) in [6.45, 7) is 0.240. The fourth-order valence-electron chi connectivity index (χ4n) is 2.62. The number of hydrogen-bond donors (Lipinski definition) is 2. The molecule has 1 fully saturated rings. The Morgan fingerprint density at radius 3 is 2.62 bits per heavy atom. The number of carboxylic acid groups (broad SMARTS) is 1. The molecule has 2 rings (SSSR count). The van der Waals surface area contributed by atoms with Crippen LogP contribution in [0.15, 0.2) is 23.1 Å². The van der Waals surface area contributed by atoms with Crippen molar-refractivity contribution in [2.45, 2.75) is 37.0 Å². The minimum Gasteiger partial charge on any atom is -0.478 e. The molecule has 2 N–H and O–H groups in total. The number of aromatic carboxylic acids is 1. The van der Waals surface area contributed by atoms with E-state index in [1.807, 2.05) is 0 Å². The largest absolute Gasteiger partial charge is 0.478 e. The van der Waals surface area contributed by atoms with E-state index in [1.165, 1.54) is 12.8 Å². The highest BCUT2D eigenvalue weighted by atomic mass is 32.2. The number of hydrogen-bond acceptors (Lipinski definition) is 3. The molecule has 1 aliphatic rings. The van der Waals surface area contributed by atoms with Crippen LogP contribution in [0.2, 0.25) is 0 Å². The minimum atomic E-state index is -4.03. The van der Waals surface area contributed by atoms with Gasteiger partial charge in [-0.25, -0.2) is 22.3 Å². The highest BCUT2D eigenvalue weighted by Gasteiger charge is 2.22. The Balaban J connectivity index is 2.07. The van der Waals surface area contributed by atoms with Gasteiger partial charge in [-0.05, 0) is 30.5 Å². The summed E-state index contributed by atoms with van der Waals surface area (Å²) in [4.78, 5) is 10.2. The Bertz CT molecular complexity index is 624. The number of rotatable bonds is 6. The van der Waals surface area contributed by atoms with Gasteiger partial charge in [0.1, 0.15) is 10.7 Å². The molecule has 0 unspecified atom stereocenters. The van der Waals surface area contributed by atoms with Gasteiger partial charge in [-0.3, -0.25) is 0 Å². The van der Waals surface area contributed by atoms with Crippen LogP contribution < -0.4 is 4.72 Å². The van der Waals surface area contributed by atoms with E-state index in [0.29, 0.717) is 5.92 Å². The fourth-order valence-corrected chi connectivity index (χ4v) is 3.77. The van der Waals surface area contributed by atoms with Crippen molar-refractivity contribution in [2.75, 3.05) is 6.54 Å². The van der Waals surface area contributed by atoms with E-state index < -0.39 is 26.7 Å². The highest BCUT2D eigenvalue weighted by Crippen LogP contribution is 2.27. The van der Waals surface area contributed by atoms with Crippen molar-refractivity contribution in [2.24, 2.45) is 5.92 Å². The van der Waals surface area contributed by atoms with Gasteiger partial charge in [0, 0.05) is 6.54 Å². The molecule has 0 heterocycles. The molecule has 0 radical (unpaired) electrons. The van der Waals surface area contributed by atoms with Gasteiger partial charge >= 0.3 is 5.97 Å². The zero-order valence-electron chi connectivity index (χ0n) is 11.5. The molecule has 0 atom stereocenters. The third-order valence-electron chi connectivity index (χ3n) is 3.79. The summed E-state index contributed by atoms with van der Waals surface area (Å²) >= 11 is 0. The predicted molar refractivity (Wildman–Crippen MR) is 75.1 cm³/mol. The molecular formula is C14H18FNO4S. The first-order chi connectivity index (χ1) is 9.90. The number of nitrogens with one attached hydrogen (secondary N) is 1. The van der Waals surface area contributed by atoms with E-state index >= 15 is 0 Å². The van der Waals surface area contributed by atoms with Crippen LogP contribution in [0.1, 0.15) is 42.5 Å². The third kappa shape index (κ3) is 4.01. The Kier molecular flexibility index (Phi) is 4.95. The van der Waals surface area contributed by atoms with Gasteiger partial charge in [-0.1, -0.05) is 25.7 Å². The Hall–Kier alpha value is -1.47. The van der Waals surface area contributed by atoms with Gasteiger partial charge in [-0.2, -0.15) is 0 Å². The summed E-state index contributed by atoms with van der Waals surface area (Å²) < 4.78 is 40.1. The van der Waals surface area contributed by atoms with Crippen LogP contribution in [0.5, 0.6) is 0 Å². The van der Waals surface area contributed by atoms with E-state index in [4.69, 9.17) is 5.11 Å². The minimum absolute atomic E-state index is 0.240. The monoisotopic (exact) mass is 315 g/mol. The van der Waals surface area contributed by atoms with Gasteiger partial charge in [0.2, 0.25) is 10.0 Å². The molecule has 0 amide bonds. The average molecular weight is 315 g/mol. The molecule has 0 saturated heterocycles. The summed E-state index contributed by atoms with van der Waals surface area (Å²) in [6.07, 6.45) is 5.27. The van der Waals surface area contributed by atoms with Crippen molar-refractivity contribution < 1.29 is 22.7 Å². The van der Waals surface area contributed by atoms with Crippen LogP contribution in [0.3, 0.4) is 0 Å². The summed E-state index contributed by atoms with van der Waals surface area (Å²) in [5.74, 6) is -1.73. The number of halogens is 1. The first-order valence-corrected chi connectivity index (χ1v) is 8.41. The molecule has 5 nitrogen and oxygen atoms in total. The van der Waals surface area contributed by atoms with Crippen molar-refractivity contribution in [3.05, 3.63) is 29.6 Å². The molecule has 0 aromatic heterocycles. The van der Waals surface area contributed by atoms with Crippen LogP contribution >= 0.6 is 0 Å². The van der Waals surface area contributed by atoms with E-state index in [-0.39, 0.29) is 12.1 Å². The lowest BCUT2D eigenvalue weighted by molar-refractivity contribution is 0.0696. The lowest BCUT2D eigenvalue weighted by atomic mass is 10.1. The predicted octanol–water partition coefficient (Wildman–Crippen LogP) is 2.38. The van der Waals surface area contributed by atoms with Gasteiger partial charge in [0.05, 0.1) is 5.56 Å². The zero-order chi connectivity index (χ0) is 15.5. The first-order valence-electron chi connectivity index (χ1n) is 6.92. The molecule has 0 aliphatic heterocycles. The summed E-state index contributed by atoms with van der Waals surface area (Å²) in [5.41, 5.74) is -0.257. The average Bonchev–Trinajstić information content (AvgIpc) is 2.91. The Morgan fingerprint density at radius 1 is 1.33 bits per heavy atom. The molecule has 1 aliphatic carbocycles. The van der Waals surface area contributed by atoms with Crippen LogP contribution in [0, 0.1) is 11.7 Å². The van der Waals surface area contributed by atoms with Gasteiger partial charge < -0.3 is 5.11 Å². The summed E-state index contributed by atoms with van der Waals surface area (Å²) in [6, 6.07) is 2.74. The van der Waals surface area contributed by atoms with Crippen molar-refractivity contribution >= 4 is 16.0 Å². The van der Waals surface area contributed by atoms with Crippen molar-refractivity contribution in [3.63, 3.8) is 0 Å². The molecule has 1 saturated carbocycles. The second-order valence-electron chi connectivity index (χ2n) is 5.29. The Morgan fingerprint density at radius 2 is 2.00 bits per heavy atom. The van der Waals surface area contributed by atoms with E-state index in [2.05, 4.69) is 4.72 Å². The van der Waals surface area contributed by atoms with Crippen molar-refractivity contribution in [1.29, 1.82) is 0 Å². The maximum atomic E-state index is 13.6. The molecular weight excluding hydrogens is 297 g/mol. The molecule has 116 valence electrons. The SMILES string of the molecule is O=C(O)c1ccc(F)c(S(=O)(=O)NCCC2CCCC2)c1. The van der Waals surface area contributed by atoms with E-state index in [0.717, 1.165) is 37.5 Å². The normalized spacial score (nSPS) is 16.2. The molecule has 1 aromatic carbocycles. The lowest BCUT2D eigenvalue weighted by Crippen LogP contribution is -2.27. The second-order valence-corrected chi connectivity index (χ2v) is 7.02. The van der Waals surface area contributed by atoms with E-state index in [1.54, 1.807) is 0 Å². The number of carboxylic acids is 1. The number of sulfonamides is 1. The smallest absolute Gasteiger partial charge is 0.335 e. The standard InChI is InChI=1S/C14H18FNO4S/c15-12-6-5-11(14(17)18)9-13(12)21(19,20)16-8-7-10-3-1-2-4-10/h5-6,9-10,16H,1-4,7-8H2,(H,17,18). The lowest BCUT2D eigenvalue weighted by Gasteiger charge is -2.11. The highest BCUT2D eigenvalue weighted by molar-refractivity contribution is 7.89. The van der Waals surface area contributed by atoms with Crippen LogP contribution in [0.25, 0.3) is 0 Å². The topological polar surface area (TPSA) is 83.5 Å². The van der Waals surface area contributed by atoms with E-state index in [9.17, 15) is 17.6 Å². The van der Waals surface area contributed by atoms with Gasteiger partial charge in [0.25, 0.3) is 0 Å². The third-order valence-corrected chi connectivity index (χ3v) is 5.26. The van der Waals surface area contributed by atoms with Crippen LogP contribution in [-0.4, -0.2) is 26.0 Å². The fraction of sp³-hybridized carbons (Fsp3) is 0.500. The quantitative estimate of drug-likeness (QED) is 0.844. The second kappa shape index (κ2) is 6.53. The first kappa shape index (κ1) is 15.9. The van der Waals surface area contributed by atoms with Gasteiger partial charge in [-0.15, -0.1) is 0 Å². The van der Waals surface area contributed by atoms with Crippen LogP contribution in [-0.2, 0) is 10.0 Å². The summed E-state index contributed by atoms with van der Waals surface area (Å²) in [5, 5.41) is 8.85.